The van der Waals surface area contributed by atoms with E-state index >= 15 is 0 Å². The van der Waals surface area contributed by atoms with Gasteiger partial charge < -0.3 is 16.0 Å². The summed E-state index contributed by atoms with van der Waals surface area (Å²) < 4.78 is 37.6. The summed E-state index contributed by atoms with van der Waals surface area (Å²) in [5.74, 6) is -0.00560. The van der Waals surface area contributed by atoms with Crippen LogP contribution < -0.4 is 16.0 Å². The van der Waals surface area contributed by atoms with Crippen molar-refractivity contribution in [2.75, 3.05) is 51.1 Å². The molecule has 1 aliphatic rings. The fourth-order valence-corrected chi connectivity index (χ4v) is 2.63. The number of halogens is 6. The van der Waals surface area contributed by atoms with Crippen LogP contribution in [0.4, 0.5) is 19.0 Å². The van der Waals surface area contributed by atoms with E-state index in [1.165, 1.54) is 0 Å². The zero-order valence-electron chi connectivity index (χ0n) is 14.4. The predicted molar refractivity (Wildman–Crippen MR) is 104 cm³/mol. The zero-order valence-corrected chi connectivity index (χ0v) is 16.8. The quantitative estimate of drug-likeness (QED) is 0.593. The van der Waals surface area contributed by atoms with Gasteiger partial charge in [0.25, 0.3) is 0 Å². The van der Waals surface area contributed by atoms with Crippen molar-refractivity contribution in [3.05, 3.63) is 22.8 Å². The molecule has 1 aliphatic heterocycles. The average Bonchev–Trinajstić information content (AvgIpc) is 2.56. The van der Waals surface area contributed by atoms with E-state index in [9.17, 15) is 18.0 Å². The van der Waals surface area contributed by atoms with Crippen molar-refractivity contribution < 1.29 is 18.0 Å². The van der Waals surface area contributed by atoms with E-state index in [-0.39, 0.29) is 54.5 Å². The number of rotatable bonds is 7. The first-order valence-corrected chi connectivity index (χ1v) is 8.40. The van der Waals surface area contributed by atoms with E-state index in [4.69, 9.17) is 11.6 Å². The van der Waals surface area contributed by atoms with Crippen LogP contribution in [0.1, 0.15) is 12.0 Å². The van der Waals surface area contributed by atoms with Crippen LogP contribution in [0.25, 0.3) is 0 Å². The fraction of sp³-hybridized carbons (Fsp3) is 0.600. The van der Waals surface area contributed by atoms with Gasteiger partial charge in [0.15, 0.2) is 0 Å². The van der Waals surface area contributed by atoms with Crippen molar-refractivity contribution in [3.63, 3.8) is 0 Å². The van der Waals surface area contributed by atoms with Crippen LogP contribution in [0.15, 0.2) is 12.3 Å². The van der Waals surface area contributed by atoms with Crippen LogP contribution in [0.3, 0.4) is 0 Å². The minimum atomic E-state index is -4.49. The van der Waals surface area contributed by atoms with Crippen LogP contribution in [0, 0.1) is 0 Å². The molecule has 0 atom stereocenters. The van der Waals surface area contributed by atoms with Gasteiger partial charge in [-0.3, -0.25) is 9.69 Å². The number of carbonyl (C=O) groups is 1. The van der Waals surface area contributed by atoms with Crippen LogP contribution in [0.2, 0.25) is 5.02 Å². The minimum Gasteiger partial charge on any atom is -0.368 e. The van der Waals surface area contributed by atoms with Gasteiger partial charge >= 0.3 is 6.18 Å². The maximum Gasteiger partial charge on any atom is 0.417 e. The Hall–Kier alpha value is -1.00. The second-order valence-corrected chi connectivity index (χ2v) is 6.08. The van der Waals surface area contributed by atoms with E-state index in [0.29, 0.717) is 12.7 Å². The van der Waals surface area contributed by atoms with Gasteiger partial charge in [0.2, 0.25) is 5.91 Å². The molecule has 12 heteroatoms. The number of hydrogen-bond donors (Lipinski definition) is 3. The number of aromatic nitrogens is 1. The van der Waals surface area contributed by atoms with Crippen LogP contribution in [0.5, 0.6) is 0 Å². The Morgan fingerprint density at radius 1 is 1.26 bits per heavy atom. The Bertz CT molecular complexity index is 586. The summed E-state index contributed by atoms with van der Waals surface area (Å²) in [7, 11) is 0. The van der Waals surface area contributed by atoms with Crippen molar-refractivity contribution in [2.45, 2.75) is 12.6 Å². The van der Waals surface area contributed by atoms with Gasteiger partial charge in [-0.1, -0.05) is 11.6 Å². The highest BCUT2D eigenvalue weighted by molar-refractivity contribution is 6.32. The first kappa shape index (κ1) is 26.0. The summed E-state index contributed by atoms with van der Waals surface area (Å²) in [5.41, 5.74) is -0.909. The van der Waals surface area contributed by atoms with Gasteiger partial charge in [-0.05, 0) is 6.07 Å². The Labute approximate surface area is 173 Å². The molecule has 0 radical (unpaired) electrons. The van der Waals surface area contributed by atoms with Crippen LogP contribution in [-0.2, 0) is 11.0 Å². The molecule has 0 aliphatic carbocycles. The summed E-state index contributed by atoms with van der Waals surface area (Å²) in [6.07, 6.45) is -3.60. The average molecular weight is 453 g/mol. The number of anilines is 1. The number of nitrogens with one attached hydrogen (secondary N) is 3. The molecule has 0 saturated carbocycles. The molecule has 1 fully saturated rings. The largest absolute Gasteiger partial charge is 0.417 e. The fourth-order valence-electron chi connectivity index (χ4n) is 2.39. The van der Waals surface area contributed by atoms with Gasteiger partial charge in [-0.15, -0.1) is 24.8 Å². The molecule has 156 valence electrons. The highest BCUT2D eigenvalue weighted by Crippen LogP contribution is 2.32. The van der Waals surface area contributed by atoms with Crippen molar-refractivity contribution in [3.8, 4) is 0 Å². The standard InChI is InChI=1S/C15H21ClF3N5O.2ClH/c16-12-9-11(15(17,18)19)10-23-14(12)22-2-1-13(25)21-5-8-24-6-3-20-4-7-24;;/h9-10,20H,1-8H2,(H,21,25)(H,22,23);2*1H. The molecular weight excluding hydrogens is 430 g/mol. The first-order valence-electron chi connectivity index (χ1n) is 8.02. The predicted octanol–water partition coefficient (Wildman–Crippen LogP) is 2.42. The van der Waals surface area contributed by atoms with E-state index in [1.54, 1.807) is 0 Å². The molecule has 1 saturated heterocycles. The summed E-state index contributed by atoms with van der Waals surface area (Å²) in [6.45, 7) is 5.45. The number of amides is 1. The van der Waals surface area contributed by atoms with Crippen molar-refractivity contribution in [2.24, 2.45) is 0 Å². The third-order valence-corrected chi connectivity index (χ3v) is 4.06. The third kappa shape index (κ3) is 9.16. The second-order valence-electron chi connectivity index (χ2n) is 5.67. The highest BCUT2D eigenvalue weighted by Gasteiger charge is 2.31. The van der Waals surface area contributed by atoms with Crippen LogP contribution >= 0.6 is 36.4 Å². The number of alkyl halides is 3. The van der Waals surface area contributed by atoms with E-state index in [2.05, 4.69) is 25.8 Å². The number of carbonyl (C=O) groups excluding carboxylic acids is 1. The molecule has 2 heterocycles. The Morgan fingerprint density at radius 2 is 1.93 bits per heavy atom. The van der Waals surface area contributed by atoms with E-state index in [1.807, 2.05) is 0 Å². The Balaban J connectivity index is 0.00000338. The molecule has 0 unspecified atom stereocenters. The zero-order chi connectivity index (χ0) is 18.3. The molecule has 6 nitrogen and oxygen atoms in total. The number of pyridine rings is 1. The second kappa shape index (κ2) is 12.5. The number of nitrogens with zero attached hydrogens (tertiary/aromatic N) is 2. The summed E-state index contributed by atoms with van der Waals surface area (Å²) >= 11 is 5.78. The molecule has 2 rings (SSSR count). The van der Waals surface area contributed by atoms with Gasteiger partial charge in [0.05, 0.1) is 10.6 Å². The molecule has 27 heavy (non-hydrogen) atoms. The molecule has 3 N–H and O–H groups in total. The maximum absolute atomic E-state index is 12.5. The van der Waals surface area contributed by atoms with Crippen molar-refractivity contribution in [1.82, 2.24) is 20.5 Å². The lowest BCUT2D eigenvalue weighted by Gasteiger charge is -2.27. The normalized spacial score (nSPS) is 14.7. The van der Waals surface area contributed by atoms with E-state index < -0.39 is 11.7 Å². The Kier molecular flexibility index (Phi) is 12.0. The molecular formula is C15H23Cl3F3N5O. The molecule has 0 aromatic carbocycles. The lowest BCUT2D eigenvalue weighted by atomic mass is 10.2. The van der Waals surface area contributed by atoms with E-state index in [0.717, 1.165) is 38.8 Å². The lowest BCUT2D eigenvalue weighted by Crippen LogP contribution is -2.46. The Morgan fingerprint density at radius 3 is 2.52 bits per heavy atom. The molecule has 0 spiro atoms. The van der Waals surface area contributed by atoms with Gasteiger partial charge in [0, 0.05) is 58.4 Å². The highest BCUT2D eigenvalue weighted by atomic mass is 35.5. The third-order valence-electron chi connectivity index (χ3n) is 3.77. The van der Waals surface area contributed by atoms with Gasteiger partial charge in [-0.25, -0.2) is 4.98 Å². The van der Waals surface area contributed by atoms with Crippen molar-refractivity contribution in [1.29, 1.82) is 0 Å². The lowest BCUT2D eigenvalue weighted by molar-refractivity contribution is -0.137. The maximum atomic E-state index is 12.5. The number of piperazine rings is 1. The first-order chi connectivity index (χ1) is 11.9. The van der Waals surface area contributed by atoms with Crippen LogP contribution in [-0.4, -0.2) is 61.6 Å². The smallest absolute Gasteiger partial charge is 0.368 e. The molecule has 1 amide bonds. The summed E-state index contributed by atoms with van der Waals surface area (Å²) in [4.78, 5) is 17.7. The number of hydrogen-bond acceptors (Lipinski definition) is 5. The molecule has 1 aromatic rings. The monoisotopic (exact) mass is 451 g/mol. The van der Waals surface area contributed by atoms with Gasteiger partial charge in [0.1, 0.15) is 5.82 Å². The molecule has 0 bridgehead atoms. The summed E-state index contributed by atoms with van der Waals surface area (Å²) in [5, 5.41) is 8.72. The topological polar surface area (TPSA) is 69.3 Å². The SMILES string of the molecule is Cl.Cl.O=C(CCNc1ncc(C(F)(F)F)cc1Cl)NCCN1CCNCC1. The summed E-state index contributed by atoms with van der Waals surface area (Å²) in [6, 6.07) is 0.810. The van der Waals surface area contributed by atoms with Crippen molar-refractivity contribution >= 4 is 48.1 Å². The molecule has 1 aromatic heterocycles. The van der Waals surface area contributed by atoms with Gasteiger partial charge in [-0.2, -0.15) is 13.2 Å². The minimum absolute atomic E-state index is 0.